The van der Waals surface area contributed by atoms with Crippen LogP contribution in [0.3, 0.4) is 0 Å². The van der Waals surface area contributed by atoms with Gasteiger partial charge in [-0.2, -0.15) is 4.98 Å². The summed E-state index contributed by atoms with van der Waals surface area (Å²) in [4.78, 5) is 8.59. The highest BCUT2D eigenvalue weighted by Crippen LogP contribution is 2.68. The first-order valence-corrected chi connectivity index (χ1v) is 6.70. The average Bonchev–Trinajstić information content (AvgIpc) is 2.68. The zero-order valence-electron chi connectivity index (χ0n) is 12.0. The molecular formula is C14H24N4. The topological polar surface area (TPSA) is 49.8 Å². The molecule has 2 N–H and O–H groups in total. The Morgan fingerprint density at radius 1 is 1.17 bits per heavy atom. The third-order valence-electron chi connectivity index (χ3n) is 4.80. The fourth-order valence-corrected chi connectivity index (χ4v) is 2.75. The van der Waals surface area contributed by atoms with Crippen molar-refractivity contribution in [2.45, 2.75) is 34.6 Å². The van der Waals surface area contributed by atoms with E-state index in [-0.39, 0.29) is 0 Å². The van der Waals surface area contributed by atoms with Gasteiger partial charge in [-0.05, 0) is 29.7 Å². The first-order chi connectivity index (χ1) is 8.39. The number of aromatic nitrogens is 2. The third-order valence-corrected chi connectivity index (χ3v) is 4.80. The molecule has 100 valence electrons. The highest BCUT2D eigenvalue weighted by molar-refractivity contribution is 5.40. The second kappa shape index (κ2) is 4.41. The molecule has 0 amide bonds. The lowest BCUT2D eigenvalue weighted by atomic mass is 10.0. The minimum absolute atomic E-state index is 0.414. The molecule has 0 spiro atoms. The summed E-state index contributed by atoms with van der Waals surface area (Å²) in [7, 11) is 0. The lowest BCUT2D eigenvalue weighted by molar-refractivity contribution is 0.457. The Labute approximate surface area is 110 Å². The fraction of sp³-hybridized carbons (Fsp3) is 0.714. The maximum absolute atomic E-state index is 4.42. The molecule has 1 saturated carbocycles. The van der Waals surface area contributed by atoms with E-state index < -0.39 is 0 Å². The van der Waals surface area contributed by atoms with Crippen LogP contribution in [0.4, 0.5) is 11.8 Å². The minimum Gasteiger partial charge on any atom is -0.370 e. The number of hydrogen-bond acceptors (Lipinski definition) is 4. The van der Waals surface area contributed by atoms with E-state index in [1.54, 1.807) is 6.20 Å². The van der Waals surface area contributed by atoms with Crippen molar-refractivity contribution in [3.63, 3.8) is 0 Å². The first-order valence-electron chi connectivity index (χ1n) is 6.70. The highest BCUT2D eigenvalue weighted by atomic mass is 15.1. The van der Waals surface area contributed by atoms with Gasteiger partial charge in [-0.1, -0.05) is 27.7 Å². The van der Waals surface area contributed by atoms with Gasteiger partial charge < -0.3 is 10.6 Å². The van der Waals surface area contributed by atoms with Crippen LogP contribution in [0, 0.1) is 16.7 Å². The average molecular weight is 248 g/mol. The third kappa shape index (κ3) is 2.16. The van der Waals surface area contributed by atoms with Gasteiger partial charge in [0.25, 0.3) is 0 Å². The lowest BCUT2D eigenvalue weighted by Gasteiger charge is -2.08. The summed E-state index contributed by atoms with van der Waals surface area (Å²) in [5.41, 5.74) is 0.828. The predicted octanol–water partition coefficient (Wildman–Crippen LogP) is 3.00. The van der Waals surface area contributed by atoms with Gasteiger partial charge in [-0.25, -0.2) is 4.98 Å². The molecule has 4 nitrogen and oxygen atoms in total. The normalized spacial score (nSPS) is 20.5. The molecule has 0 unspecified atom stereocenters. The van der Waals surface area contributed by atoms with Crippen molar-refractivity contribution >= 4 is 11.8 Å². The molecule has 4 heteroatoms. The summed E-state index contributed by atoms with van der Waals surface area (Å²) in [6, 6.07) is 1.92. The van der Waals surface area contributed by atoms with Crippen LogP contribution in [-0.4, -0.2) is 23.1 Å². The van der Waals surface area contributed by atoms with Crippen molar-refractivity contribution in [3.05, 3.63) is 12.3 Å². The molecule has 0 bridgehead atoms. The molecule has 1 aliphatic rings. The van der Waals surface area contributed by atoms with E-state index in [1.807, 2.05) is 13.0 Å². The Balaban J connectivity index is 1.94. The molecule has 1 aromatic heterocycles. The Kier molecular flexibility index (Phi) is 3.21. The Morgan fingerprint density at radius 3 is 2.39 bits per heavy atom. The van der Waals surface area contributed by atoms with E-state index >= 15 is 0 Å². The molecule has 0 radical (unpaired) electrons. The monoisotopic (exact) mass is 248 g/mol. The van der Waals surface area contributed by atoms with Crippen molar-refractivity contribution < 1.29 is 0 Å². The van der Waals surface area contributed by atoms with Gasteiger partial charge in [0.05, 0.1) is 0 Å². The van der Waals surface area contributed by atoms with Gasteiger partial charge in [0.2, 0.25) is 5.95 Å². The van der Waals surface area contributed by atoms with Gasteiger partial charge in [0, 0.05) is 19.3 Å². The maximum atomic E-state index is 4.42. The predicted molar refractivity (Wildman–Crippen MR) is 75.7 cm³/mol. The summed E-state index contributed by atoms with van der Waals surface area (Å²) in [5.74, 6) is 2.29. The molecule has 1 heterocycles. The van der Waals surface area contributed by atoms with Crippen LogP contribution in [0.25, 0.3) is 0 Å². The van der Waals surface area contributed by atoms with E-state index in [1.165, 1.54) is 0 Å². The van der Waals surface area contributed by atoms with Crippen LogP contribution < -0.4 is 10.6 Å². The first kappa shape index (κ1) is 13.1. The largest absolute Gasteiger partial charge is 0.370 e. The second-order valence-electron chi connectivity index (χ2n) is 6.17. The summed E-state index contributed by atoms with van der Waals surface area (Å²) in [6.07, 6.45) is 1.79. The summed E-state index contributed by atoms with van der Waals surface area (Å²) in [6.45, 7) is 13.2. The van der Waals surface area contributed by atoms with Gasteiger partial charge in [-0.15, -0.1) is 0 Å². The van der Waals surface area contributed by atoms with Crippen LogP contribution in [-0.2, 0) is 0 Å². The number of anilines is 2. The standard InChI is InChI=1S/C14H24N4/c1-6-15-12-16-8-7-11(18-12)17-9-10-13(2,3)14(10,4)5/h7-8,10H,6,9H2,1-5H3,(H2,15,16,17,18). The number of nitrogens with one attached hydrogen (secondary N) is 2. The summed E-state index contributed by atoms with van der Waals surface area (Å²) < 4.78 is 0. The van der Waals surface area contributed by atoms with Gasteiger partial charge in [-0.3, -0.25) is 0 Å². The molecule has 0 aromatic carbocycles. The van der Waals surface area contributed by atoms with Gasteiger partial charge >= 0.3 is 0 Å². The SMILES string of the molecule is CCNc1nccc(NCC2C(C)(C)C2(C)C)n1. The quantitative estimate of drug-likeness (QED) is 0.841. The van der Waals surface area contributed by atoms with Crippen LogP contribution in [0.5, 0.6) is 0 Å². The zero-order chi connectivity index (χ0) is 13.4. The number of nitrogens with zero attached hydrogens (tertiary/aromatic N) is 2. The van der Waals surface area contributed by atoms with Crippen LogP contribution in [0.1, 0.15) is 34.6 Å². The van der Waals surface area contributed by atoms with Gasteiger partial charge in [0.1, 0.15) is 5.82 Å². The Morgan fingerprint density at radius 2 is 1.83 bits per heavy atom. The number of rotatable bonds is 5. The summed E-state index contributed by atoms with van der Waals surface area (Å²) in [5, 5.41) is 6.55. The van der Waals surface area contributed by atoms with E-state index in [0.29, 0.717) is 22.7 Å². The number of hydrogen-bond donors (Lipinski definition) is 2. The zero-order valence-corrected chi connectivity index (χ0v) is 12.0. The highest BCUT2D eigenvalue weighted by Gasteiger charge is 2.64. The lowest BCUT2D eigenvalue weighted by Crippen LogP contribution is -2.10. The molecule has 0 saturated heterocycles. The van der Waals surface area contributed by atoms with E-state index in [2.05, 4.69) is 48.3 Å². The van der Waals surface area contributed by atoms with Crippen molar-refractivity contribution in [1.29, 1.82) is 0 Å². The molecule has 1 aliphatic carbocycles. The van der Waals surface area contributed by atoms with E-state index in [9.17, 15) is 0 Å². The van der Waals surface area contributed by atoms with Crippen LogP contribution in [0.2, 0.25) is 0 Å². The van der Waals surface area contributed by atoms with Gasteiger partial charge in [0.15, 0.2) is 0 Å². The molecule has 1 aromatic rings. The van der Waals surface area contributed by atoms with E-state index in [4.69, 9.17) is 0 Å². The van der Waals surface area contributed by atoms with E-state index in [0.717, 1.165) is 18.9 Å². The van der Waals surface area contributed by atoms with Crippen molar-refractivity contribution in [3.8, 4) is 0 Å². The van der Waals surface area contributed by atoms with Crippen LogP contribution >= 0.6 is 0 Å². The molecule has 1 fully saturated rings. The Hall–Kier alpha value is -1.32. The molecular weight excluding hydrogens is 224 g/mol. The Bertz CT molecular complexity index is 412. The fourth-order valence-electron chi connectivity index (χ4n) is 2.75. The molecule has 0 aliphatic heterocycles. The summed E-state index contributed by atoms with van der Waals surface area (Å²) >= 11 is 0. The maximum Gasteiger partial charge on any atom is 0.224 e. The van der Waals surface area contributed by atoms with Crippen molar-refractivity contribution in [1.82, 2.24) is 9.97 Å². The molecule has 0 atom stereocenters. The molecule has 2 rings (SSSR count). The smallest absolute Gasteiger partial charge is 0.224 e. The molecule has 18 heavy (non-hydrogen) atoms. The minimum atomic E-state index is 0.414. The van der Waals surface area contributed by atoms with Crippen molar-refractivity contribution in [2.24, 2.45) is 16.7 Å². The second-order valence-corrected chi connectivity index (χ2v) is 6.17. The van der Waals surface area contributed by atoms with Crippen LogP contribution in [0.15, 0.2) is 12.3 Å². The van der Waals surface area contributed by atoms with Crippen molar-refractivity contribution in [2.75, 3.05) is 23.7 Å².